The lowest BCUT2D eigenvalue weighted by Gasteiger charge is -2.07. The molecule has 66 valence electrons. The Hall–Kier alpha value is -0.290. The largest absolute Gasteiger partial charge is 0.491 e. The van der Waals surface area contributed by atoms with Gasteiger partial charge in [0.05, 0.1) is 6.10 Å². The lowest BCUT2D eigenvalue weighted by molar-refractivity contribution is 0.122. The molecule has 0 aliphatic heterocycles. The minimum Gasteiger partial charge on any atom is -0.491 e. The van der Waals surface area contributed by atoms with Gasteiger partial charge in [0.1, 0.15) is 12.4 Å². The zero-order valence-corrected chi connectivity index (χ0v) is 8.98. The van der Waals surface area contributed by atoms with Gasteiger partial charge in [-0.3, -0.25) is 0 Å². The third kappa shape index (κ3) is 3.40. The Morgan fingerprint density at radius 2 is 2.00 bits per heavy atom. The van der Waals surface area contributed by atoms with Crippen LogP contribution in [-0.4, -0.2) is 17.8 Å². The number of hydrogen-bond acceptors (Lipinski definition) is 2. The Bertz CT molecular complexity index is 231. The zero-order chi connectivity index (χ0) is 8.97. The summed E-state index contributed by atoms with van der Waals surface area (Å²) in [7, 11) is 0. The summed E-state index contributed by atoms with van der Waals surface area (Å²) in [6, 6.07) is 7.73. The second kappa shape index (κ2) is 4.67. The molecule has 1 N–H and O–H groups in total. The summed E-state index contributed by atoms with van der Waals surface area (Å²) in [6.45, 7) is 2.05. The predicted octanol–water partition coefficient (Wildman–Crippen LogP) is 2.05. The van der Waals surface area contributed by atoms with Crippen LogP contribution in [-0.2, 0) is 0 Å². The molecule has 1 rings (SSSR count). The molecule has 0 spiro atoms. The van der Waals surface area contributed by atoms with Gasteiger partial charge in [0, 0.05) is 3.57 Å². The number of benzene rings is 1. The summed E-state index contributed by atoms with van der Waals surface area (Å²) in [5, 5.41) is 8.94. The van der Waals surface area contributed by atoms with E-state index in [2.05, 4.69) is 22.6 Å². The molecule has 1 atom stereocenters. The number of halogens is 1. The molecule has 12 heavy (non-hydrogen) atoms. The first-order chi connectivity index (χ1) is 5.68. The Morgan fingerprint density at radius 1 is 1.42 bits per heavy atom. The maximum atomic E-state index is 8.94. The highest BCUT2D eigenvalue weighted by Gasteiger charge is 1.96. The first kappa shape index (κ1) is 9.80. The minimum absolute atomic E-state index is 0.348. The zero-order valence-electron chi connectivity index (χ0n) is 6.83. The molecule has 0 bridgehead atoms. The predicted molar refractivity (Wildman–Crippen MR) is 56.3 cm³/mol. The molecular formula is C9H11IO2. The molecule has 1 aromatic carbocycles. The Labute approximate surface area is 85.7 Å². The van der Waals surface area contributed by atoms with Gasteiger partial charge in [-0.25, -0.2) is 0 Å². The van der Waals surface area contributed by atoms with Gasteiger partial charge in [-0.15, -0.1) is 0 Å². The lowest BCUT2D eigenvalue weighted by atomic mass is 10.3. The van der Waals surface area contributed by atoms with E-state index in [1.54, 1.807) is 6.92 Å². The van der Waals surface area contributed by atoms with Gasteiger partial charge >= 0.3 is 0 Å². The van der Waals surface area contributed by atoms with E-state index in [1.165, 1.54) is 3.57 Å². The highest BCUT2D eigenvalue weighted by atomic mass is 127. The maximum Gasteiger partial charge on any atom is 0.119 e. The SMILES string of the molecule is C[C@@H](O)COc1ccc(I)cc1. The van der Waals surface area contributed by atoms with E-state index in [1.807, 2.05) is 24.3 Å². The highest BCUT2D eigenvalue weighted by molar-refractivity contribution is 14.1. The lowest BCUT2D eigenvalue weighted by Crippen LogP contribution is -2.12. The monoisotopic (exact) mass is 278 g/mol. The van der Waals surface area contributed by atoms with Crippen LogP contribution in [0.3, 0.4) is 0 Å². The van der Waals surface area contributed by atoms with Gasteiger partial charge in [0.2, 0.25) is 0 Å². The fourth-order valence-corrected chi connectivity index (χ4v) is 1.11. The van der Waals surface area contributed by atoms with E-state index in [9.17, 15) is 0 Å². The molecule has 0 saturated heterocycles. The number of ether oxygens (including phenoxy) is 1. The molecule has 0 heterocycles. The van der Waals surface area contributed by atoms with E-state index in [4.69, 9.17) is 9.84 Å². The van der Waals surface area contributed by atoms with E-state index in [0.717, 1.165) is 5.75 Å². The molecule has 0 aromatic heterocycles. The van der Waals surface area contributed by atoms with Crippen molar-refractivity contribution in [3.05, 3.63) is 27.8 Å². The van der Waals surface area contributed by atoms with Gasteiger partial charge in [-0.2, -0.15) is 0 Å². The standard InChI is InChI=1S/C9H11IO2/c1-7(11)6-12-9-4-2-8(10)3-5-9/h2-5,7,11H,6H2,1H3/t7-/m1/s1. The molecule has 0 aliphatic rings. The van der Waals surface area contributed by atoms with Crippen molar-refractivity contribution in [2.24, 2.45) is 0 Å². The van der Waals surface area contributed by atoms with Gasteiger partial charge < -0.3 is 9.84 Å². The van der Waals surface area contributed by atoms with E-state index < -0.39 is 6.10 Å². The normalized spacial score (nSPS) is 12.6. The molecule has 1 aromatic rings. The van der Waals surface area contributed by atoms with Gasteiger partial charge in [-0.05, 0) is 53.8 Å². The van der Waals surface area contributed by atoms with Crippen molar-refractivity contribution < 1.29 is 9.84 Å². The van der Waals surface area contributed by atoms with Crippen molar-refractivity contribution in [3.63, 3.8) is 0 Å². The van der Waals surface area contributed by atoms with Gasteiger partial charge in [-0.1, -0.05) is 0 Å². The van der Waals surface area contributed by atoms with Crippen LogP contribution >= 0.6 is 22.6 Å². The van der Waals surface area contributed by atoms with Crippen molar-refractivity contribution in [2.45, 2.75) is 13.0 Å². The van der Waals surface area contributed by atoms with Crippen molar-refractivity contribution in [1.29, 1.82) is 0 Å². The first-order valence-corrected chi connectivity index (χ1v) is 4.83. The van der Waals surface area contributed by atoms with E-state index in [0.29, 0.717) is 6.61 Å². The minimum atomic E-state index is -0.413. The Balaban J connectivity index is 2.48. The first-order valence-electron chi connectivity index (χ1n) is 3.75. The summed E-state index contributed by atoms with van der Waals surface area (Å²) in [5.41, 5.74) is 0. The third-order valence-electron chi connectivity index (χ3n) is 1.30. The number of aliphatic hydroxyl groups is 1. The molecule has 0 fully saturated rings. The molecule has 0 radical (unpaired) electrons. The van der Waals surface area contributed by atoms with Crippen molar-refractivity contribution in [1.82, 2.24) is 0 Å². The topological polar surface area (TPSA) is 29.5 Å². The van der Waals surface area contributed by atoms with E-state index >= 15 is 0 Å². The summed E-state index contributed by atoms with van der Waals surface area (Å²) >= 11 is 2.23. The van der Waals surface area contributed by atoms with Crippen LogP contribution < -0.4 is 4.74 Å². The molecule has 0 unspecified atom stereocenters. The van der Waals surface area contributed by atoms with Crippen LogP contribution in [0.1, 0.15) is 6.92 Å². The number of aliphatic hydroxyl groups excluding tert-OH is 1. The quantitative estimate of drug-likeness (QED) is 0.857. The molecule has 2 nitrogen and oxygen atoms in total. The van der Waals surface area contributed by atoms with Crippen molar-refractivity contribution >= 4 is 22.6 Å². The van der Waals surface area contributed by atoms with E-state index in [-0.39, 0.29) is 0 Å². The summed E-state index contributed by atoms with van der Waals surface area (Å²) < 4.78 is 6.45. The summed E-state index contributed by atoms with van der Waals surface area (Å²) in [4.78, 5) is 0. The Kier molecular flexibility index (Phi) is 3.81. The average Bonchev–Trinajstić information content (AvgIpc) is 2.03. The second-order valence-electron chi connectivity index (χ2n) is 2.61. The van der Waals surface area contributed by atoms with Crippen LogP contribution in [0.2, 0.25) is 0 Å². The van der Waals surface area contributed by atoms with Crippen LogP contribution in [0, 0.1) is 3.57 Å². The van der Waals surface area contributed by atoms with Crippen LogP contribution in [0.25, 0.3) is 0 Å². The van der Waals surface area contributed by atoms with Crippen LogP contribution in [0.4, 0.5) is 0 Å². The number of rotatable bonds is 3. The Morgan fingerprint density at radius 3 is 2.50 bits per heavy atom. The van der Waals surface area contributed by atoms with Crippen LogP contribution in [0.15, 0.2) is 24.3 Å². The number of hydrogen-bond donors (Lipinski definition) is 1. The molecular weight excluding hydrogens is 267 g/mol. The summed E-state index contributed by atoms with van der Waals surface area (Å²) in [6.07, 6.45) is -0.413. The molecule has 3 heteroatoms. The third-order valence-corrected chi connectivity index (χ3v) is 2.02. The van der Waals surface area contributed by atoms with Crippen molar-refractivity contribution in [2.75, 3.05) is 6.61 Å². The summed E-state index contributed by atoms with van der Waals surface area (Å²) in [5.74, 6) is 0.802. The fraction of sp³-hybridized carbons (Fsp3) is 0.333. The van der Waals surface area contributed by atoms with Crippen molar-refractivity contribution in [3.8, 4) is 5.75 Å². The molecule has 0 aliphatic carbocycles. The second-order valence-corrected chi connectivity index (χ2v) is 3.86. The van der Waals surface area contributed by atoms with Crippen LogP contribution in [0.5, 0.6) is 5.75 Å². The smallest absolute Gasteiger partial charge is 0.119 e. The molecule has 0 saturated carbocycles. The average molecular weight is 278 g/mol. The maximum absolute atomic E-state index is 8.94. The van der Waals surface area contributed by atoms with Gasteiger partial charge in [0.15, 0.2) is 0 Å². The molecule has 0 amide bonds. The van der Waals surface area contributed by atoms with Gasteiger partial charge in [0.25, 0.3) is 0 Å². The fourth-order valence-electron chi connectivity index (χ4n) is 0.748. The highest BCUT2D eigenvalue weighted by Crippen LogP contribution is 2.13.